The van der Waals surface area contributed by atoms with E-state index in [1.165, 1.54) is 11.1 Å². The zero-order chi connectivity index (χ0) is 26.9. The van der Waals surface area contributed by atoms with Gasteiger partial charge in [0, 0.05) is 33.9 Å². The third-order valence-electron chi connectivity index (χ3n) is 7.38. The van der Waals surface area contributed by atoms with Crippen molar-refractivity contribution in [2.75, 3.05) is 11.5 Å². The number of rotatable bonds is 7. The SMILES string of the molecule is Cc1ccc(C(C)C)c(OCCn2cc(/C=C3/C(=O)N(c4ccccc4)c4ccccc43)c3ccccc32)c1. The van der Waals surface area contributed by atoms with E-state index >= 15 is 0 Å². The first-order valence-electron chi connectivity index (χ1n) is 13.5. The number of hydrogen-bond acceptors (Lipinski definition) is 2. The Morgan fingerprint density at radius 2 is 1.62 bits per heavy atom. The van der Waals surface area contributed by atoms with Gasteiger partial charge >= 0.3 is 0 Å². The lowest BCUT2D eigenvalue weighted by Crippen LogP contribution is -2.20. The van der Waals surface area contributed by atoms with E-state index in [0.29, 0.717) is 24.6 Å². The number of nitrogens with zero attached hydrogens (tertiary/aromatic N) is 2. The predicted molar refractivity (Wildman–Crippen MR) is 161 cm³/mol. The molecule has 0 saturated heterocycles. The highest BCUT2D eigenvalue weighted by atomic mass is 16.5. The molecule has 4 heteroatoms. The number of carbonyl (C=O) groups excluding carboxylic acids is 1. The first-order valence-corrected chi connectivity index (χ1v) is 13.5. The molecule has 194 valence electrons. The number of para-hydroxylation sites is 3. The highest BCUT2D eigenvalue weighted by Gasteiger charge is 2.33. The minimum atomic E-state index is -0.0109. The zero-order valence-corrected chi connectivity index (χ0v) is 22.6. The van der Waals surface area contributed by atoms with Crippen LogP contribution in [0.4, 0.5) is 11.4 Å². The number of aryl methyl sites for hydroxylation is 1. The summed E-state index contributed by atoms with van der Waals surface area (Å²) >= 11 is 0. The van der Waals surface area contributed by atoms with E-state index in [1.54, 1.807) is 0 Å². The lowest BCUT2D eigenvalue weighted by atomic mass is 10.0. The van der Waals surface area contributed by atoms with E-state index in [-0.39, 0.29) is 5.91 Å². The maximum Gasteiger partial charge on any atom is 0.263 e. The maximum absolute atomic E-state index is 13.8. The van der Waals surface area contributed by atoms with Crippen LogP contribution in [-0.2, 0) is 11.3 Å². The van der Waals surface area contributed by atoms with Gasteiger partial charge in [-0.15, -0.1) is 0 Å². The molecule has 2 heterocycles. The Hall–Kier alpha value is -4.57. The summed E-state index contributed by atoms with van der Waals surface area (Å²) in [7, 11) is 0. The minimum Gasteiger partial charge on any atom is -0.491 e. The van der Waals surface area contributed by atoms with Gasteiger partial charge in [-0.2, -0.15) is 0 Å². The zero-order valence-electron chi connectivity index (χ0n) is 22.6. The van der Waals surface area contributed by atoms with Gasteiger partial charge < -0.3 is 9.30 Å². The summed E-state index contributed by atoms with van der Waals surface area (Å²) < 4.78 is 8.53. The molecule has 6 rings (SSSR count). The van der Waals surface area contributed by atoms with Crippen LogP contribution in [0.15, 0.2) is 103 Å². The van der Waals surface area contributed by atoms with Crippen LogP contribution >= 0.6 is 0 Å². The third-order valence-corrected chi connectivity index (χ3v) is 7.38. The van der Waals surface area contributed by atoms with E-state index in [4.69, 9.17) is 4.74 Å². The van der Waals surface area contributed by atoms with Crippen LogP contribution in [-0.4, -0.2) is 17.1 Å². The molecule has 0 unspecified atom stereocenters. The smallest absolute Gasteiger partial charge is 0.263 e. The summed E-state index contributed by atoms with van der Waals surface area (Å²) in [4.78, 5) is 15.6. The monoisotopic (exact) mass is 512 g/mol. The van der Waals surface area contributed by atoms with Crippen LogP contribution in [0.5, 0.6) is 5.75 Å². The fourth-order valence-electron chi connectivity index (χ4n) is 5.44. The second-order valence-corrected chi connectivity index (χ2v) is 10.4. The summed E-state index contributed by atoms with van der Waals surface area (Å²) in [5.41, 5.74) is 8.01. The van der Waals surface area contributed by atoms with Crippen molar-refractivity contribution in [1.29, 1.82) is 0 Å². The average molecular weight is 513 g/mol. The molecule has 0 N–H and O–H groups in total. The first-order chi connectivity index (χ1) is 19.0. The Bertz CT molecular complexity index is 1690. The number of aromatic nitrogens is 1. The lowest BCUT2D eigenvalue weighted by Gasteiger charge is -2.16. The molecule has 39 heavy (non-hydrogen) atoms. The Balaban J connectivity index is 1.33. The van der Waals surface area contributed by atoms with Crippen LogP contribution in [0, 0.1) is 6.92 Å². The highest BCUT2D eigenvalue weighted by Crippen LogP contribution is 2.42. The maximum atomic E-state index is 13.8. The van der Waals surface area contributed by atoms with Gasteiger partial charge in [-0.3, -0.25) is 9.69 Å². The molecule has 1 amide bonds. The topological polar surface area (TPSA) is 34.5 Å². The van der Waals surface area contributed by atoms with Crippen molar-refractivity contribution >= 4 is 39.8 Å². The molecule has 4 aromatic carbocycles. The van der Waals surface area contributed by atoms with Crippen LogP contribution in [0.3, 0.4) is 0 Å². The van der Waals surface area contributed by atoms with E-state index in [0.717, 1.165) is 39.2 Å². The molecule has 0 aliphatic carbocycles. The van der Waals surface area contributed by atoms with Crippen LogP contribution in [0.25, 0.3) is 22.6 Å². The standard InChI is InChI=1S/C35H32N2O2/c1-24(2)28-18-17-25(3)21-34(28)39-20-19-36-23-26(29-13-7-9-15-32(29)36)22-31-30-14-8-10-16-33(30)37(35(31)38)27-11-5-4-6-12-27/h4-18,21-24H,19-20H2,1-3H3/b31-22+. The minimum absolute atomic E-state index is 0.0109. The number of benzene rings is 4. The number of carbonyl (C=O) groups is 1. The quantitative estimate of drug-likeness (QED) is 0.205. The molecular formula is C35H32N2O2. The molecule has 1 aliphatic rings. The molecule has 0 atom stereocenters. The summed E-state index contributed by atoms with van der Waals surface area (Å²) in [6.07, 6.45) is 4.18. The Labute approximate surface area is 229 Å². The number of anilines is 2. The Morgan fingerprint density at radius 3 is 2.44 bits per heavy atom. The molecule has 0 spiro atoms. The molecule has 0 fully saturated rings. The fraction of sp³-hybridized carbons (Fsp3) is 0.171. The molecule has 0 bridgehead atoms. The largest absolute Gasteiger partial charge is 0.491 e. The summed E-state index contributed by atoms with van der Waals surface area (Å²) in [5, 5.41) is 1.12. The molecule has 1 aromatic heterocycles. The van der Waals surface area contributed by atoms with Crippen LogP contribution < -0.4 is 9.64 Å². The number of fused-ring (bicyclic) bond motifs is 2. The van der Waals surface area contributed by atoms with Gasteiger partial charge in [-0.05, 0) is 60.4 Å². The Morgan fingerprint density at radius 1 is 0.872 bits per heavy atom. The second kappa shape index (κ2) is 10.3. The number of amides is 1. The van der Waals surface area contributed by atoms with Crippen molar-refractivity contribution in [2.45, 2.75) is 33.2 Å². The van der Waals surface area contributed by atoms with Crippen LogP contribution in [0.1, 0.15) is 42.0 Å². The number of ether oxygens (including phenoxy) is 1. The lowest BCUT2D eigenvalue weighted by molar-refractivity contribution is -0.112. The molecule has 4 nitrogen and oxygen atoms in total. The van der Waals surface area contributed by atoms with Gasteiger partial charge in [0.15, 0.2) is 0 Å². The van der Waals surface area contributed by atoms with E-state index < -0.39 is 0 Å². The Kier molecular flexibility index (Phi) is 6.54. The van der Waals surface area contributed by atoms with Gasteiger partial charge in [-0.1, -0.05) is 80.6 Å². The summed E-state index contributed by atoms with van der Waals surface area (Å²) in [6, 6.07) is 32.6. The van der Waals surface area contributed by atoms with Crippen molar-refractivity contribution in [1.82, 2.24) is 4.57 Å². The summed E-state index contributed by atoms with van der Waals surface area (Å²) in [6.45, 7) is 7.74. The van der Waals surface area contributed by atoms with Crippen molar-refractivity contribution in [3.63, 3.8) is 0 Å². The van der Waals surface area contributed by atoms with Gasteiger partial charge in [0.25, 0.3) is 5.91 Å². The second-order valence-electron chi connectivity index (χ2n) is 10.4. The van der Waals surface area contributed by atoms with E-state index in [2.05, 4.69) is 67.9 Å². The van der Waals surface area contributed by atoms with Gasteiger partial charge in [0.2, 0.25) is 0 Å². The van der Waals surface area contributed by atoms with Crippen molar-refractivity contribution in [3.05, 3.63) is 126 Å². The highest BCUT2D eigenvalue weighted by molar-refractivity contribution is 6.38. The predicted octanol–water partition coefficient (Wildman–Crippen LogP) is 8.37. The molecule has 1 aliphatic heterocycles. The van der Waals surface area contributed by atoms with E-state index in [1.807, 2.05) is 71.6 Å². The third kappa shape index (κ3) is 4.63. The number of hydrogen-bond donors (Lipinski definition) is 0. The van der Waals surface area contributed by atoms with Crippen molar-refractivity contribution in [2.24, 2.45) is 0 Å². The average Bonchev–Trinajstić information content (AvgIpc) is 3.44. The summed E-state index contributed by atoms with van der Waals surface area (Å²) in [5.74, 6) is 1.34. The molecular weight excluding hydrogens is 480 g/mol. The first kappa shape index (κ1) is 24.7. The molecule has 0 saturated carbocycles. The normalized spacial score (nSPS) is 14.0. The van der Waals surface area contributed by atoms with Crippen molar-refractivity contribution in [3.8, 4) is 5.75 Å². The molecule has 0 radical (unpaired) electrons. The van der Waals surface area contributed by atoms with Gasteiger partial charge in [0.05, 0.1) is 17.8 Å². The fourth-order valence-corrected chi connectivity index (χ4v) is 5.44. The van der Waals surface area contributed by atoms with Gasteiger partial charge in [0.1, 0.15) is 12.4 Å². The van der Waals surface area contributed by atoms with Crippen molar-refractivity contribution < 1.29 is 9.53 Å². The van der Waals surface area contributed by atoms with E-state index in [9.17, 15) is 4.79 Å². The van der Waals surface area contributed by atoms with Crippen LogP contribution in [0.2, 0.25) is 0 Å². The molecule has 5 aromatic rings. The van der Waals surface area contributed by atoms with Gasteiger partial charge in [-0.25, -0.2) is 0 Å².